The first-order valence-electron chi connectivity index (χ1n) is 10.2. The summed E-state index contributed by atoms with van der Waals surface area (Å²) in [5.41, 5.74) is 9.91. The molecule has 0 saturated carbocycles. The van der Waals surface area contributed by atoms with Crippen molar-refractivity contribution in [3.05, 3.63) is 66.0 Å². The molecule has 0 aliphatic heterocycles. The van der Waals surface area contributed by atoms with Crippen LogP contribution in [0.1, 0.15) is 44.2 Å². The van der Waals surface area contributed by atoms with Crippen molar-refractivity contribution < 1.29 is 9.53 Å². The minimum absolute atomic E-state index is 0.165. The molecule has 162 valence electrons. The van der Waals surface area contributed by atoms with Crippen molar-refractivity contribution in [3.8, 4) is 6.19 Å². The molecule has 0 saturated heterocycles. The van der Waals surface area contributed by atoms with Gasteiger partial charge in [0.1, 0.15) is 0 Å². The van der Waals surface area contributed by atoms with E-state index in [1.165, 1.54) is 7.11 Å². The maximum atomic E-state index is 11.4. The molecular weight excluding hydrogens is 390 g/mol. The number of aromatic nitrogens is 1. The number of hydrogen-bond acceptors (Lipinski definition) is 5. The van der Waals surface area contributed by atoms with Crippen LogP contribution in [0.15, 0.2) is 59.9 Å². The number of nitrogens with zero attached hydrogens (tertiary/aromatic N) is 4. The summed E-state index contributed by atoms with van der Waals surface area (Å²) in [6.45, 7) is 4.79. The Morgan fingerprint density at radius 2 is 2.10 bits per heavy atom. The highest BCUT2D eigenvalue weighted by Crippen LogP contribution is 2.28. The van der Waals surface area contributed by atoms with Crippen molar-refractivity contribution in [2.45, 2.75) is 33.1 Å². The van der Waals surface area contributed by atoms with E-state index < -0.39 is 0 Å². The largest absolute Gasteiger partial charge is 0.469 e. The van der Waals surface area contributed by atoms with Gasteiger partial charge in [-0.3, -0.25) is 9.78 Å². The summed E-state index contributed by atoms with van der Waals surface area (Å²) in [5, 5.41) is 8.94. The minimum Gasteiger partial charge on any atom is -0.469 e. The van der Waals surface area contributed by atoms with Gasteiger partial charge in [0.25, 0.3) is 0 Å². The van der Waals surface area contributed by atoms with Gasteiger partial charge in [-0.2, -0.15) is 5.26 Å². The predicted molar refractivity (Wildman–Crippen MR) is 123 cm³/mol. The third-order valence-electron chi connectivity index (χ3n) is 4.59. The zero-order valence-electron chi connectivity index (χ0n) is 18.3. The van der Waals surface area contributed by atoms with Gasteiger partial charge in [-0.15, -0.1) is 4.99 Å². The van der Waals surface area contributed by atoms with Crippen LogP contribution in [-0.2, 0) is 9.53 Å². The van der Waals surface area contributed by atoms with Crippen LogP contribution in [0, 0.1) is 17.4 Å². The number of benzene rings is 1. The average molecular weight is 420 g/mol. The maximum absolute atomic E-state index is 11.4. The third-order valence-corrected chi connectivity index (χ3v) is 4.59. The molecule has 1 aromatic carbocycles. The summed E-state index contributed by atoms with van der Waals surface area (Å²) in [4.78, 5) is 21.2. The van der Waals surface area contributed by atoms with Crippen LogP contribution in [-0.4, -0.2) is 30.6 Å². The van der Waals surface area contributed by atoms with E-state index in [-0.39, 0.29) is 11.9 Å². The summed E-state index contributed by atoms with van der Waals surface area (Å²) in [5.74, 6) is 0.274. The molecule has 0 fully saturated rings. The summed E-state index contributed by atoms with van der Waals surface area (Å²) in [6.07, 6.45) is 9.21. The number of aliphatic imine (C=N–C) groups is 1. The van der Waals surface area contributed by atoms with Gasteiger partial charge in [-0.05, 0) is 48.1 Å². The van der Waals surface area contributed by atoms with Gasteiger partial charge in [0, 0.05) is 36.6 Å². The molecule has 1 aromatic heterocycles. The normalized spacial score (nSPS) is 11.8. The van der Waals surface area contributed by atoms with Crippen LogP contribution >= 0.6 is 0 Å². The Balaban J connectivity index is 2.41. The van der Waals surface area contributed by atoms with Crippen molar-refractivity contribution in [1.82, 2.24) is 4.98 Å². The van der Waals surface area contributed by atoms with E-state index in [2.05, 4.69) is 29.9 Å². The molecule has 31 heavy (non-hydrogen) atoms. The lowest BCUT2D eigenvalue weighted by atomic mass is 9.97. The molecule has 2 rings (SSSR count). The number of guanidine groups is 1. The summed E-state index contributed by atoms with van der Waals surface area (Å²) in [6, 6.07) is 11.8. The fourth-order valence-electron chi connectivity index (χ4n) is 3.17. The van der Waals surface area contributed by atoms with Gasteiger partial charge in [0.05, 0.1) is 7.11 Å². The summed E-state index contributed by atoms with van der Waals surface area (Å²) >= 11 is 0. The van der Waals surface area contributed by atoms with E-state index in [0.29, 0.717) is 25.3 Å². The van der Waals surface area contributed by atoms with E-state index in [1.807, 2.05) is 47.5 Å². The number of nitrogens with two attached hydrogens (primary N) is 1. The van der Waals surface area contributed by atoms with E-state index in [4.69, 9.17) is 15.7 Å². The highest BCUT2D eigenvalue weighted by atomic mass is 16.5. The molecule has 1 heterocycles. The second-order valence-corrected chi connectivity index (χ2v) is 7.45. The summed E-state index contributed by atoms with van der Waals surface area (Å²) < 4.78 is 4.72. The molecule has 0 aliphatic rings. The zero-order valence-corrected chi connectivity index (χ0v) is 18.3. The van der Waals surface area contributed by atoms with Gasteiger partial charge in [-0.25, -0.2) is 0 Å². The van der Waals surface area contributed by atoms with Crippen LogP contribution in [0.25, 0.3) is 5.57 Å². The van der Waals surface area contributed by atoms with Gasteiger partial charge in [-0.1, -0.05) is 38.1 Å². The fourth-order valence-corrected chi connectivity index (χ4v) is 3.17. The van der Waals surface area contributed by atoms with E-state index in [9.17, 15) is 4.79 Å². The summed E-state index contributed by atoms with van der Waals surface area (Å²) in [7, 11) is 1.40. The number of hydrogen-bond donors (Lipinski definition) is 1. The first kappa shape index (κ1) is 23.6. The average Bonchev–Trinajstić information content (AvgIpc) is 2.78. The molecule has 7 nitrogen and oxygen atoms in total. The highest BCUT2D eigenvalue weighted by Gasteiger charge is 2.15. The molecule has 0 unspecified atom stereocenters. The van der Waals surface area contributed by atoms with Crippen molar-refractivity contribution in [2.24, 2.45) is 16.6 Å². The Morgan fingerprint density at radius 3 is 2.74 bits per heavy atom. The second-order valence-electron chi connectivity index (χ2n) is 7.45. The van der Waals surface area contributed by atoms with Crippen molar-refractivity contribution >= 4 is 23.2 Å². The van der Waals surface area contributed by atoms with Gasteiger partial charge >= 0.3 is 5.97 Å². The van der Waals surface area contributed by atoms with Crippen molar-refractivity contribution in [1.29, 1.82) is 5.26 Å². The number of pyridine rings is 1. The van der Waals surface area contributed by atoms with Gasteiger partial charge in [0.15, 0.2) is 0 Å². The lowest BCUT2D eigenvalue weighted by Gasteiger charge is -2.25. The van der Waals surface area contributed by atoms with Crippen LogP contribution in [0.3, 0.4) is 0 Å². The number of unbranched alkanes of at least 4 members (excludes halogenated alkanes) is 1. The molecule has 2 aromatic rings. The van der Waals surface area contributed by atoms with Crippen molar-refractivity contribution in [3.63, 3.8) is 0 Å². The number of ether oxygens (including phenoxy) is 1. The Kier molecular flexibility index (Phi) is 9.24. The molecule has 0 spiro atoms. The first-order valence-corrected chi connectivity index (χ1v) is 10.2. The fraction of sp³-hybridized carbons (Fsp3) is 0.333. The van der Waals surface area contributed by atoms with E-state index in [0.717, 1.165) is 28.8 Å². The quantitative estimate of drug-likeness (QED) is 0.216. The van der Waals surface area contributed by atoms with Crippen LogP contribution < -0.4 is 10.6 Å². The van der Waals surface area contributed by atoms with Crippen LogP contribution in [0.5, 0.6) is 0 Å². The predicted octanol–water partition coefficient (Wildman–Crippen LogP) is 4.11. The number of anilines is 1. The molecule has 0 amide bonds. The van der Waals surface area contributed by atoms with Gasteiger partial charge < -0.3 is 15.4 Å². The molecule has 0 radical (unpaired) electrons. The second kappa shape index (κ2) is 12.1. The number of esters is 1. The van der Waals surface area contributed by atoms with E-state index >= 15 is 0 Å². The molecule has 0 bridgehead atoms. The monoisotopic (exact) mass is 419 g/mol. The van der Waals surface area contributed by atoms with E-state index in [1.54, 1.807) is 12.4 Å². The Hall–Kier alpha value is -3.66. The Labute approximate surface area is 183 Å². The molecule has 7 heteroatoms. The number of carbonyl (C=O) groups is 1. The SMILES string of the molecule is COC(=O)CCC/C=C(/c1cccnc1)c1cccc(N(CC(C)C)C(N)=NC#N)c1. The molecule has 2 N–H and O–H groups in total. The Bertz CT molecular complexity index is 961. The zero-order chi connectivity index (χ0) is 22.6. The number of methoxy groups -OCH3 is 1. The maximum Gasteiger partial charge on any atom is 0.305 e. The van der Waals surface area contributed by atoms with Crippen molar-refractivity contribution in [2.75, 3.05) is 18.6 Å². The van der Waals surface area contributed by atoms with Crippen LogP contribution in [0.2, 0.25) is 0 Å². The van der Waals surface area contributed by atoms with Crippen LogP contribution in [0.4, 0.5) is 5.69 Å². The topological polar surface area (TPSA) is 105 Å². The number of nitriles is 1. The molecule has 0 aliphatic carbocycles. The third kappa shape index (κ3) is 7.27. The standard InChI is InChI=1S/C24H29N5O2/c1-18(2)16-29(24(26)28-17-25)21-10-6-8-19(14-21)22(20-9-7-13-27-15-20)11-4-5-12-23(30)31-3/h6-11,13-15,18H,4-5,12,16H2,1-3H3,(H2,26,28)/b22-11+. The number of allylic oxidation sites excluding steroid dienone is 1. The smallest absolute Gasteiger partial charge is 0.305 e. The van der Waals surface area contributed by atoms with Gasteiger partial charge in [0.2, 0.25) is 12.2 Å². The number of rotatable bonds is 9. The number of carbonyl (C=O) groups excluding carboxylic acids is 1. The molecule has 0 atom stereocenters. The molecular formula is C24H29N5O2. The Morgan fingerprint density at radius 1 is 1.32 bits per heavy atom. The lowest BCUT2D eigenvalue weighted by molar-refractivity contribution is -0.140. The minimum atomic E-state index is -0.213. The lowest BCUT2D eigenvalue weighted by Crippen LogP contribution is -2.39. The highest BCUT2D eigenvalue weighted by molar-refractivity contribution is 5.96. The first-order chi connectivity index (χ1) is 15.0.